The second-order valence-electron chi connectivity index (χ2n) is 4.52. The quantitative estimate of drug-likeness (QED) is 0.831. The summed E-state index contributed by atoms with van der Waals surface area (Å²) in [4.78, 5) is 16.0. The molecule has 0 aliphatic carbocycles. The van der Waals surface area contributed by atoms with Crippen LogP contribution < -0.4 is 5.32 Å². The summed E-state index contributed by atoms with van der Waals surface area (Å²) in [6.45, 7) is 2.11. The van der Waals surface area contributed by atoms with Crippen LogP contribution >= 0.6 is 11.8 Å². The molecule has 1 aromatic carbocycles. The smallest absolute Gasteiger partial charge is 0.225 e. The van der Waals surface area contributed by atoms with Gasteiger partial charge in [-0.3, -0.25) is 4.79 Å². The number of anilines is 1. The molecule has 2 rings (SSSR count). The number of thioether (sulfide) groups is 1. The molecule has 1 aromatic heterocycles. The van der Waals surface area contributed by atoms with Crippen molar-refractivity contribution in [1.29, 1.82) is 0 Å². The van der Waals surface area contributed by atoms with E-state index in [9.17, 15) is 4.79 Å². The van der Waals surface area contributed by atoms with Crippen LogP contribution in [0.4, 0.5) is 5.69 Å². The molecule has 20 heavy (non-hydrogen) atoms. The fourth-order valence-corrected chi connectivity index (χ4v) is 2.64. The highest BCUT2D eigenvalue weighted by atomic mass is 32.2. The Morgan fingerprint density at radius 1 is 1.35 bits per heavy atom. The third-order valence-corrected chi connectivity index (χ3v) is 4.04. The maximum atomic E-state index is 11.8. The van der Waals surface area contributed by atoms with Gasteiger partial charge >= 0.3 is 0 Å². The molecule has 106 valence electrons. The van der Waals surface area contributed by atoms with Crippen LogP contribution in [0.5, 0.6) is 0 Å². The standard InChI is InChI=1S/C15H19N3OS/c1-3-12-4-6-13(7-5-12)17-14(19)8-11-20-15-16-9-10-18(15)2/h4-7,9-10H,3,8,11H2,1-2H3,(H,17,19). The zero-order valence-corrected chi connectivity index (χ0v) is 12.6. The van der Waals surface area contributed by atoms with Gasteiger partial charge in [-0.05, 0) is 24.1 Å². The Kier molecular flexibility index (Phi) is 5.24. The number of aromatic nitrogens is 2. The Balaban J connectivity index is 1.76. The average Bonchev–Trinajstić information content (AvgIpc) is 2.85. The van der Waals surface area contributed by atoms with Crippen molar-refractivity contribution in [3.63, 3.8) is 0 Å². The Morgan fingerprint density at radius 2 is 2.10 bits per heavy atom. The predicted octanol–water partition coefficient (Wildman–Crippen LogP) is 3.10. The highest BCUT2D eigenvalue weighted by molar-refractivity contribution is 7.99. The first-order valence-corrected chi connectivity index (χ1v) is 7.66. The van der Waals surface area contributed by atoms with E-state index >= 15 is 0 Å². The van der Waals surface area contributed by atoms with Crippen molar-refractivity contribution in [3.05, 3.63) is 42.2 Å². The third-order valence-electron chi connectivity index (χ3n) is 2.98. The number of hydrogen-bond donors (Lipinski definition) is 1. The van der Waals surface area contributed by atoms with Gasteiger partial charge in [0.15, 0.2) is 5.16 Å². The number of nitrogens with one attached hydrogen (secondary N) is 1. The lowest BCUT2D eigenvalue weighted by molar-refractivity contribution is -0.115. The lowest BCUT2D eigenvalue weighted by Gasteiger charge is -2.06. The maximum absolute atomic E-state index is 11.8. The third kappa shape index (κ3) is 4.13. The minimum atomic E-state index is 0.0379. The first kappa shape index (κ1) is 14.7. The zero-order valence-electron chi connectivity index (χ0n) is 11.8. The summed E-state index contributed by atoms with van der Waals surface area (Å²) in [6, 6.07) is 7.97. The number of carbonyl (C=O) groups excluding carboxylic acids is 1. The summed E-state index contributed by atoms with van der Waals surface area (Å²) in [7, 11) is 1.95. The highest BCUT2D eigenvalue weighted by Crippen LogP contribution is 2.16. The van der Waals surface area contributed by atoms with E-state index in [-0.39, 0.29) is 5.91 Å². The lowest BCUT2D eigenvalue weighted by atomic mass is 10.1. The zero-order chi connectivity index (χ0) is 14.4. The van der Waals surface area contributed by atoms with E-state index < -0.39 is 0 Å². The van der Waals surface area contributed by atoms with Gasteiger partial charge in [0.25, 0.3) is 0 Å². The van der Waals surface area contributed by atoms with Crippen LogP contribution in [-0.2, 0) is 18.3 Å². The number of rotatable bonds is 6. The first-order valence-electron chi connectivity index (χ1n) is 6.68. The van der Waals surface area contributed by atoms with Gasteiger partial charge in [-0.25, -0.2) is 4.98 Å². The topological polar surface area (TPSA) is 46.9 Å². The normalized spacial score (nSPS) is 10.5. The van der Waals surface area contributed by atoms with Gasteiger partial charge in [0.05, 0.1) is 0 Å². The Hall–Kier alpha value is -1.75. The molecule has 1 N–H and O–H groups in total. The van der Waals surface area contributed by atoms with Crippen LogP contribution in [0.2, 0.25) is 0 Å². The largest absolute Gasteiger partial charge is 0.329 e. The molecule has 1 amide bonds. The first-order chi connectivity index (χ1) is 9.69. The number of nitrogens with zero attached hydrogens (tertiary/aromatic N) is 2. The predicted molar refractivity (Wildman–Crippen MR) is 83.0 cm³/mol. The van der Waals surface area contributed by atoms with E-state index in [0.717, 1.165) is 23.0 Å². The molecule has 0 saturated heterocycles. The van der Waals surface area contributed by atoms with Gasteiger partial charge in [-0.1, -0.05) is 30.8 Å². The molecule has 0 bridgehead atoms. The van der Waals surface area contributed by atoms with Crippen LogP contribution in [0.15, 0.2) is 41.8 Å². The van der Waals surface area contributed by atoms with E-state index in [1.54, 1.807) is 18.0 Å². The molecule has 0 aliphatic heterocycles. The molecule has 0 radical (unpaired) electrons. The van der Waals surface area contributed by atoms with Crippen LogP contribution in [0, 0.1) is 0 Å². The average molecular weight is 289 g/mol. The van der Waals surface area contributed by atoms with Crippen molar-refractivity contribution in [2.24, 2.45) is 7.05 Å². The molecule has 0 fully saturated rings. The van der Waals surface area contributed by atoms with Gasteiger partial charge < -0.3 is 9.88 Å². The van der Waals surface area contributed by atoms with Crippen LogP contribution in [0.25, 0.3) is 0 Å². The summed E-state index contributed by atoms with van der Waals surface area (Å²) in [5.41, 5.74) is 2.13. The fraction of sp³-hybridized carbons (Fsp3) is 0.333. The van der Waals surface area contributed by atoms with Crippen molar-refractivity contribution in [3.8, 4) is 0 Å². The van der Waals surface area contributed by atoms with Gasteiger partial charge in [-0.2, -0.15) is 0 Å². The molecule has 0 aliphatic rings. The number of hydrogen-bond acceptors (Lipinski definition) is 3. The molecule has 1 heterocycles. The van der Waals surface area contributed by atoms with Crippen molar-refractivity contribution in [1.82, 2.24) is 9.55 Å². The van der Waals surface area contributed by atoms with Crippen LogP contribution in [0.3, 0.4) is 0 Å². The Bertz CT molecular complexity index is 563. The SMILES string of the molecule is CCc1ccc(NC(=O)CCSc2nccn2C)cc1. The second kappa shape index (κ2) is 7.14. The molecular weight excluding hydrogens is 270 g/mol. The summed E-state index contributed by atoms with van der Waals surface area (Å²) >= 11 is 1.59. The van der Waals surface area contributed by atoms with Crippen molar-refractivity contribution >= 4 is 23.4 Å². The van der Waals surface area contributed by atoms with Gasteiger partial charge in [-0.15, -0.1) is 0 Å². The molecule has 0 saturated carbocycles. The monoisotopic (exact) mass is 289 g/mol. The van der Waals surface area contributed by atoms with Crippen molar-refractivity contribution in [2.75, 3.05) is 11.1 Å². The number of aryl methyl sites for hydroxylation is 2. The molecule has 0 atom stereocenters. The summed E-state index contributed by atoms with van der Waals surface area (Å²) in [5.74, 6) is 0.764. The number of amides is 1. The van der Waals surface area contributed by atoms with Crippen LogP contribution in [-0.4, -0.2) is 21.2 Å². The van der Waals surface area contributed by atoms with E-state index in [1.165, 1.54) is 5.56 Å². The fourth-order valence-electron chi connectivity index (χ4n) is 1.77. The number of carbonyl (C=O) groups is 1. The van der Waals surface area contributed by atoms with Gasteiger partial charge in [0.2, 0.25) is 5.91 Å². The summed E-state index contributed by atoms with van der Waals surface area (Å²) in [6.07, 6.45) is 5.15. The maximum Gasteiger partial charge on any atom is 0.225 e. The second-order valence-corrected chi connectivity index (χ2v) is 5.58. The molecule has 5 heteroatoms. The van der Waals surface area contributed by atoms with Crippen molar-refractivity contribution in [2.45, 2.75) is 24.9 Å². The summed E-state index contributed by atoms with van der Waals surface area (Å²) < 4.78 is 1.95. The molecule has 2 aromatic rings. The van der Waals surface area contributed by atoms with E-state index in [1.807, 2.05) is 42.1 Å². The van der Waals surface area contributed by atoms with E-state index in [0.29, 0.717) is 6.42 Å². The molecule has 0 spiro atoms. The highest BCUT2D eigenvalue weighted by Gasteiger charge is 2.05. The molecular formula is C15H19N3OS. The minimum Gasteiger partial charge on any atom is -0.329 e. The van der Waals surface area contributed by atoms with E-state index in [4.69, 9.17) is 0 Å². The Labute approximate surface area is 123 Å². The minimum absolute atomic E-state index is 0.0379. The lowest BCUT2D eigenvalue weighted by Crippen LogP contribution is -2.12. The van der Waals surface area contributed by atoms with E-state index in [2.05, 4.69) is 17.2 Å². The van der Waals surface area contributed by atoms with Gasteiger partial charge in [0.1, 0.15) is 0 Å². The van der Waals surface area contributed by atoms with Crippen molar-refractivity contribution < 1.29 is 4.79 Å². The number of imidazole rings is 1. The van der Waals surface area contributed by atoms with Crippen LogP contribution in [0.1, 0.15) is 18.9 Å². The summed E-state index contributed by atoms with van der Waals surface area (Å²) in [5, 5.41) is 3.84. The Morgan fingerprint density at radius 3 is 2.70 bits per heavy atom. The van der Waals surface area contributed by atoms with Gasteiger partial charge in [0, 0.05) is 37.3 Å². The molecule has 0 unspecified atom stereocenters. The molecule has 4 nitrogen and oxygen atoms in total. The number of benzene rings is 1.